The average Bonchev–Trinajstić information content (AvgIpc) is 3.57. The molecule has 61 heavy (non-hydrogen) atoms. The second-order valence-electron chi connectivity index (χ2n) is 16.6. The number of amides is 4. The minimum absolute atomic E-state index is 0.0478. The molecular formula is C42H56ClF3N8O7. The number of halogens is 4. The van der Waals surface area contributed by atoms with Crippen LogP contribution in [0.15, 0.2) is 36.4 Å². The lowest BCUT2D eigenvalue weighted by Gasteiger charge is -2.43. The van der Waals surface area contributed by atoms with E-state index in [1.807, 2.05) is 29.2 Å². The Labute approximate surface area is 358 Å². The van der Waals surface area contributed by atoms with E-state index < -0.39 is 41.8 Å². The number of hydrogen-bond acceptors (Lipinski definition) is 11. The van der Waals surface area contributed by atoms with Crippen molar-refractivity contribution in [3.63, 3.8) is 0 Å². The molecule has 5 heterocycles. The Bertz CT molecular complexity index is 1890. The van der Waals surface area contributed by atoms with E-state index in [0.717, 1.165) is 49.8 Å². The van der Waals surface area contributed by atoms with Gasteiger partial charge in [0.25, 0.3) is 5.91 Å². The van der Waals surface area contributed by atoms with E-state index in [9.17, 15) is 37.5 Å². The highest BCUT2D eigenvalue weighted by molar-refractivity contribution is 6.33. The van der Waals surface area contributed by atoms with Gasteiger partial charge >= 0.3 is 24.3 Å². The third-order valence-electron chi connectivity index (χ3n) is 12.8. The van der Waals surface area contributed by atoms with Crippen LogP contribution in [0.5, 0.6) is 0 Å². The average molecular weight is 877 g/mol. The lowest BCUT2D eigenvalue weighted by Crippen LogP contribution is -2.55. The highest BCUT2D eigenvalue weighted by Crippen LogP contribution is 2.38. The Morgan fingerprint density at radius 1 is 0.902 bits per heavy atom. The van der Waals surface area contributed by atoms with Gasteiger partial charge in [-0.1, -0.05) is 29.8 Å². The zero-order valence-electron chi connectivity index (χ0n) is 34.3. The number of para-hydroxylation sites is 1. The Kier molecular flexibility index (Phi) is 14.5. The first-order valence-electron chi connectivity index (χ1n) is 21.3. The molecule has 0 saturated carbocycles. The first-order valence-corrected chi connectivity index (χ1v) is 21.7. The van der Waals surface area contributed by atoms with Crippen molar-refractivity contribution in [1.82, 2.24) is 29.4 Å². The summed E-state index contributed by atoms with van der Waals surface area (Å²) in [5, 5.41) is 12.6. The van der Waals surface area contributed by atoms with Crippen LogP contribution in [-0.4, -0.2) is 168 Å². The van der Waals surface area contributed by atoms with Crippen LogP contribution < -0.4 is 11.1 Å². The molecule has 0 radical (unpaired) electrons. The van der Waals surface area contributed by atoms with Gasteiger partial charge in [-0.05, 0) is 74.3 Å². The number of alkyl halides is 3. The molecular weight excluding hydrogens is 821 g/mol. The summed E-state index contributed by atoms with van der Waals surface area (Å²) in [6, 6.07) is 9.62. The summed E-state index contributed by atoms with van der Waals surface area (Å²) in [6.07, 6.45) is -3.20. The van der Waals surface area contributed by atoms with Crippen molar-refractivity contribution in [3.8, 4) is 0 Å². The predicted molar refractivity (Wildman–Crippen MR) is 221 cm³/mol. The maximum atomic E-state index is 14.2. The SMILES string of the molecule is Nc1c(Cl)cc(C[C@@H](OC(=O)N2CCC(N3CCc4ccccc4NC3=O)CC2)C(=O)N2CCC(N3CCN(CC(=O)OCCN4CCCC4O)CC3)CC2)cc1C(F)(F)F. The number of ether oxygens (including phenoxy) is 2. The summed E-state index contributed by atoms with van der Waals surface area (Å²) in [7, 11) is 0. The summed E-state index contributed by atoms with van der Waals surface area (Å²) in [6.45, 7) is 6.33. The fourth-order valence-corrected chi connectivity index (χ4v) is 9.47. The molecule has 2 aromatic carbocycles. The molecule has 5 aliphatic rings. The van der Waals surface area contributed by atoms with Gasteiger partial charge in [0.15, 0.2) is 6.10 Å². The van der Waals surface area contributed by atoms with Crippen molar-refractivity contribution in [2.24, 2.45) is 0 Å². The van der Waals surface area contributed by atoms with Crippen LogP contribution in [-0.2, 0) is 38.1 Å². The second-order valence-corrected chi connectivity index (χ2v) is 17.0. The van der Waals surface area contributed by atoms with Crippen LogP contribution >= 0.6 is 11.6 Å². The van der Waals surface area contributed by atoms with Crippen molar-refractivity contribution >= 4 is 47.0 Å². The molecule has 15 nitrogen and oxygen atoms in total. The molecule has 19 heteroatoms. The van der Waals surface area contributed by atoms with Crippen molar-refractivity contribution in [1.29, 1.82) is 0 Å². The Balaban J connectivity index is 0.927. The molecule has 2 aromatic rings. The number of hydrogen-bond donors (Lipinski definition) is 3. The van der Waals surface area contributed by atoms with Crippen molar-refractivity contribution < 1.29 is 46.9 Å². The third-order valence-corrected chi connectivity index (χ3v) is 13.1. The maximum Gasteiger partial charge on any atom is 0.418 e. The Hall–Kier alpha value is -4.36. The number of aliphatic hydroxyl groups is 1. The molecule has 4 N–H and O–H groups in total. The fraction of sp³-hybridized carbons (Fsp3) is 0.619. The fourth-order valence-electron chi connectivity index (χ4n) is 9.23. The smallest absolute Gasteiger partial charge is 0.418 e. The number of carbonyl (C=O) groups excluding carboxylic acids is 4. The molecule has 5 aliphatic heterocycles. The number of fused-ring (bicyclic) bond motifs is 1. The van der Waals surface area contributed by atoms with Crippen LogP contribution in [0.3, 0.4) is 0 Å². The standard InChI is InChI=1S/C42H56ClF3N8O7/c43-33-25-28(24-32(38(33)47)42(44,45)46)26-35(61-41(59)53-15-10-31(11-16-53)54-17-7-29-4-1-2-5-34(29)48-40(54)58)39(57)52-13-8-30(9-14-52)50-20-18-49(19-21-50)27-37(56)60-23-22-51-12-3-6-36(51)55/h1-2,4-5,24-25,30-31,35-36,55H,3,6-23,26-27,47H2,(H,48,58)/t35-,36?/m1/s1. The van der Waals surface area contributed by atoms with Gasteiger partial charge in [-0.2, -0.15) is 13.2 Å². The van der Waals surface area contributed by atoms with Gasteiger partial charge in [0.2, 0.25) is 0 Å². The van der Waals surface area contributed by atoms with Gasteiger partial charge in [-0.3, -0.25) is 24.3 Å². The highest BCUT2D eigenvalue weighted by atomic mass is 35.5. The van der Waals surface area contributed by atoms with Gasteiger partial charge in [-0.15, -0.1) is 0 Å². The number of piperazine rings is 1. The van der Waals surface area contributed by atoms with Gasteiger partial charge in [0, 0.05) is 96.2 Å². The molecule has 0 aliphatic carbocycles. The van der Waals surface area contributed by atoms with Gasteiger partial charge in [-0.25, -0.2) is 9.59 Å². The molecule has 0 aromatic heterocycles. The minimum Gasteiger partial charge on any atom is -0.463 e. The number of anilines is 2. The lowest BCUT2D eigenvalue weighted by molar-refractivity contribution is -0.146. The van der Waals surface area contributed by atoms with E-state index in [1.54, 1.807) is 9.80 Å². The van der Waals surface area contributed by atoms with E-state index in [1.165, 1.54) is 11.0 Å². The Morgan fingerprint density at radius 2 is 1.59 bits per heavy atom. The Morgan fingerprint density at radius 3 is 2.28 bits per heavy atom. The van der Waals surface area contributed by atoms with Crippen molar-refractivity contribution in [3.05, 3.63) is 58.1 Å². The minimum atomic E-state index is -4.80. The molecule has 4 amide bonds. The van der Waals surface area contributed by atoms with Crippen LogP contribution in [0.4, 0.5) is 34.1 Å². The topological polar surface area (TPSA) is 164 Å². The van der Waals surface area contributed by atoms with E-state index in [-0.39, 0.29) is 67.3 Å². The number of carbonyl (C=O) groups is 4. The first-order chi connectivity index (χ1) is 29.2. The van der Waals surface area contributed by atoms with Crippen LogP contribution in [0, 0.1) is 0 Å². The number of piperidine rings is 2. The normalized spacial score (nSPS) is 22.1. The molecule has 2 atom stereocenters. The van der Waals surface area contributed by atoms with Crippen molar-refractivity contribution in [2.45, 2.75) is 82.0 Å². The number of likely N-dealkylation sites (tertiary alicyclic amines) is 3. The molecule has 334 valence electrons. The number of nitrogens with one attached hydrogen (secondary N) is 1. The first kappa shape index (κ1) is 44.7. The van der Waals surface area contributed by atoms with E-state index in [4.69, 9.17) is 26.8 Å². The van der Waals surface area contributed by atoms with Gasteiger partial charge in [0.1, 0.15) is 12.8 Å². The van der Waals surface area contributed by atoms with Crippen LogP contribution in [0.25, 0.3) is 0 Å². The zero-order valence-corrected chi connectivity index (χ0v) is 35.0. The molecule has 4 fully saturated rings. The number of esters is 1. The van der Waals surface area contributed by atoms with Gasteiger partial charge in [0.05, 0.1) is 22.8 Å². The number of nitrogen functional groups attached to an aromatic ring is 1. The quantitative estimate of drug-likeness (QED) is 0.220. The second kappa shape index (κ2) is 19.8. The van der Waals surface area contributed by atoms with E-state index >= 15 is 0 Å². The van der Waals surface area contributed by atoms with E-state index in [2.05, 4.69) is 15.1 Å². The number of aliphatic hydroxyl groups excluding tert-OH is 1. The van der Waals surface area contributed by atoms with Crippen molar-refractivity contribution in [2.75, 3.05) is 96.2 Å². The summed E-state index contributed by atoms with van der Waals surface area (Å²) in [4.78, 5) is 64.7. The molecule has 1 unspecified atom stereocenters. The summed E-state index contributed by atoms with van der Waals surface area (Å²) >= 11 is 6.15. The van der Waals surface area contributed by atoms with E-state index in [0.29, 0.717) is 71.4 Å². The largest absolute Gasteiger partial charge is 0.463 e. The molecule has 0 spiro atoms. The monoisotopic (exact) mass is 876 g/mol. The maximum absolute atomic E-state index is 14.2. The predicted octanol–water partition coefficient (Wildman–Crippen LogP) is 4.11. The van der Waals surface area contributed by atoms with Crippen LogP contribution in [0.1, 0.15) is 55.2 Å². The summed E-state index contributed by atoms with van der Waals surface area (Å²) < 4.78 is 53.1. The number of rotatable bonds is 11. The lowest BCUT2D eigenvalue weighted by atomic mass is 9.99. The molecule has 7 rings (SSSR count). The zero-order chi connectivity index (χ0) is 43.3. The number of nitrogens with two attached hydrogens (primary N) is 1. The molecule has 0 bridgehead atoms. The third kappa shape index (κ3) is 11.2. The summed E-state index contributed by atoms with van der Waals surface area (Å²) in [5.74, 6) is -0.801. The molecule has 4 saturated heterocycles. The number of nitrogens with zero attached hydrogens (tertiary/aromatic N) is 6. The number of urea groups is 1. The van der Waals surface area contributed by atoms with Gasteiger partial charge < -0.3 is 40.3 Å². The number of benzene rings is 2. The van der Waals surface area contributed by atoms with Crippen LogP contribution in [0.2, 0.25) is 5.02 Å². The highest BCUT2D eigenvalue weighted by Gasteiger charge is 2.39. The summed E-state index contributed by atoms with van der Waals surface area (Å²) in [5.41, 5.74) is 5.80.